The van der Waals surface area contributed by atoms with Crippen molar-refractivity contribution in [3.63, 3.8) is 0 Å². The van der Waals surface area contributed by atoms with Crippen LogP contribution in [0.25, 0.3) is 0 Å². The molecule has 2 heteroatoms. The van der Waals surface area contributed by atoms with Gasteiger partial charge in [0, 0.05) is 12.4 Å². The number of rotatable bonds is 4. The van der Waals surface area contributed by atoms with E-state index >= 15 is 0 Å². The minimum atomic E-state index is -0.578. The lowest BCUT2D eigenvalue weighted by Gasteiger charge is -2.28. The number of alkyl halides is 1. The van der Waals surface area contributed by atoms with Crippen LogP contribution in [0.1, 0.15) is 16.7 Å². The minimum absolute atomic E-state index is 0.578. The molecule has 3 aromatic rings. The van der Waals surface area contributed by atoms with Crippen LogP contribution in [-0.2, 0) is 11.3 Å². The second-order valence-corrected chi connectivity index (χ2v) is 5.71. The Kier molecular flexibility index (Phi) is 4.03. The highest BCUT2D eigenvalue weighted by atomic mass is 35.5. The van der Waals surface area contributed by atoms with Crippen LogP contribution in [0.2, 0.25) is 0 Å². The predicted molar refractivity (Wildman–Crippen MR) is 87.5 cm³/mol. The molecule has 3 rings (SSSR count). The number of aromatic nitrogens is 1. The Balaban J connectivity index is 2.07. The van der Waals surface area contributed by atoms with E-state index in [0.717, 1.165) is 17.5 Å². The maximum Gasteiger partial charge on any atom is 0.0985 e. The van der Waals surface area contributed by atoms with Gasteiger partial charge in [0.2, 0.25) is 0 Å². The number of halogens is 1. The van der Waals surface area contributed by atoms with Gasteiger partial charge >= 0.3 is 0 Å². The number of pyridine rings is 1. The summed E-state index contributed by atoms with van der Waals surface area (Å²) in [5.41, 5.74) is 3.38. The molecule has 2 aromatic carbocycles. The van der Waals surface area contributed by atoms with Crippen molar-refractivity contribution in [3.05, 3.63) is 102 Å². The molecule has 0 unspecified atom stereocenters. The smallest absolute Gasteiger partial charge is 0.0985 e. The van der Waals surface area contributed by atoms with Gasteiger partial charge in [-0.25, -0.2) is 0 Å². The number of hydrogen-bond donors (Lipinski definition) is 0. The van der Waals surface area contributed by atoms with Crippen molar-refractivity contribution >= 4 is 11.6 Å². The summed E-state index contributed by atoms with van der Waals surface area (Å²) in [6.07, 6.45) is 4.32. The molecular formula is C19H16ClN. The normalized spacial score (nSPS) is 13.6. The van der Waals surface area contributed by atoms with Crippen molar-refractivity contribution in [1.82, 2.24) is 4.98 Å². The molecule has 0 spiro atoms. The molecule has 0 saturated heterocycles. The number of hydrogen-bond acceptors (Lipinski definition) is 1. The Bertz CT molecular complexity index is 641. The third kappa shape index (κ3) is 2.98. The molecule has 0 saturated carbocycles. The third-order valence-corrected chi connectivity index (χ3v) is 4.23. The van der Waals surface area contributed by atoms with Crippen molar-refractivity contribution in [2.75, 3.05) is 0 Å². The Labute approximate surface area is 130 Å². The standard InChI is InChI=1S/C19H16ClN/c20-19(17-9-5-2-6-10-17,18-11-13-21-14-12-18)15-16-7-3-1-4-8-16/h1-14H,15H2/t19-/m1/s1. The van der Waals surface area contributed by atoms with Gasteiger partial charge < -0.3 is 0 Å². The fourth-order valence-electron chi connectivity index (χ4n) is 2.57. The zero-order valence-corrected chi connectivity index (χ0v) is 12.4. The van der Waals surface area contributed by atoms with E-state index in [-0.39, 0.29) is 0 Å². The first-order valence-corrected chi connectivity index (χ1v) is 7.36. The van der Waals surface area contributed by atoms with Gasteiger partial charge in [0.05, 0.1) is 4.87 Å². The van der Waals surface area contributed by atoms with Crippen LogP contribution in [-0.4, -0.2) is 4.98 Å². The zero-order chi connectivity index (χ0) is 14.5. The lowest BCUT2D eigenvalue weighted by atomic mass is 9.85. The van der Waals surface area contributed by atoms with E-state index in [2.05, 4.69) is 29.2 Å². The second-order valence-electron chi connectivity index (χ2n) is 5.07. The third-order valence-electron chi connectivity index (χ3n) is 3.66. The Hall–Kier alpha value is -2.12. The summed E-state index contributed by atoms with van der Waals surface area (Å²) in [5.74, 6) is 0. The van der Waals surface area contributed by atoms with Crippen molar-refractivity contribution in [2.24, 2.45) is 0 Å². The van der Waals surface area contributed by atoms with E-state index in [1.165, 1.54) is 5.56 Å². The lowest BCUT2D eigenvalue weighted by Crippen LogP contribution is -2.23. The second kappa shape index (κ2) is 6.11. The summed E-state index contributed by atoms with van der Waals surface area (Å²) in [7, 11) is 0. The largest absolute Gasteiger partial charge is 0.265 e. The lowest BCUT2D eigenvalue weighted by molar-refractivity contribution is 0.719. The summed E-state index contributed by atoms with van der Waals surface area (Å²) in [4.78, 5) is 3.52. The van der Waals surface area contributed by atoms with Crippen LogP contribution in [0.3, 0.4) is 0 Å². The molecule has 0 aliphatic rings. The average Bonchev–Trinajstić information content (AvgIpc) is 2.57. The first kappa shape index (κ1) is 13.8. The van der Waals surface area contributed by atoms with Crippen LogP contribution in [0.5, 0.6) is 0 Å². The van der Waals surface area contributed by atoms with Crippen LogP contribution in [0.4, 0.5) is 0 Å². The molecule has 1 heterocycles. The summed E-state index contributed by atoms with van der Waals surface area (Å²) in [6, 6.07) is 24.5. The molecule has 0 bridgehead atoms. The van der Waals surface area contributed by atoms with Gasteiger partial charge in [-0.15, -0.1) is 11.6 Å². The van der Waals surface area contributed by atoms with Crippen molar-refractivity contribution < 1.29 is 0 Å². The highest BCUT2D eigenvalue weighted by Crippen LogP contribution is 2.39. The average molecular weight is 294 g/mol. The molecule has 104 valence electrons. The van der Waals surface area contributed by atoms with E-state index in [1.54, 1.807) is 12.4 Å². The topological polar surface area (TPSA) is 12.9 Å². The van der Waals surface area contributed by atoms with Crippen molar-refractivity contribution in [3.8, 4) is 0 Å². The van der Waals surface area contributed by atoms with Gasteiger partial charge in [0.15, 0.2) is 0 Å². The molecular weight excluding hydrogens is 278 g/mol. The highest BCUT2D eigenvalue weighted by Gasteiger charge is 2.31. The molecule has 1 atom stereocenters. The fraction of sp³-hybridized carbons (Fsp3) is 0.105. The molecule has 0 radical (unpaired) electrons. The molecule has 0 aliphatic carbocycles. The molecule has 0 N–H and O–H groups in total. The molecule has 1 aromatic heterocycles. The summed E-state index contributed by atoms with van der Waals surface area (Å²) in [6.45, 7) is 0. The quantitative estimate of drug-likeness (QED) is 0.629. The number of nitrogens with zero attached hydrogens (tertiary/aromatic N) is 1. The SMILES string of the molecule is Cl[C@](Cc1ccccc1)(c1ccccc1)c1ccncc1. The van der Waals surface area contributed by atoms with Gasteiger partial charge in [-0.1, -0.05) is 60.7 Å². The van der Waals surface area contributed by atoms with Crippen LogP contribution < -0.4 is 0 Å². The van der Waals surface area contributed by atoms with Crippen molar-refractivity contribution in [1.29, 1.82) is 0 Å². The monoisotopic (exact) mass is 293 g/mol. The summed E-state index contributed by atoms with van der Waals surface area (Å²) < 4.78 is 0. The maximum absolute atomic E-state index is 7.10. The van der Waals surface area contributed by atoms with Crippen molar-refractivity contribution in [2.45, 2.75) is 11.3 Å². The van der Waals surface area contributed by atoms with E-state index in [4.69, 9.17) is 11.6 Å². The van der Waals surface area contributed by atoms with Crippen LogP contribution >= 0.6 is 11.6 Å². The van der Waals surface area contributed by atoms with E-state index in [0.29, 0.717) is 0 Å². The molecule has 1 nitrogen and oxygen atoms in total. The van der Waals surface area contributed by atoms with Gasteiger partial charge in [0.1, 0.15) is 0 Å². The van der Waals surface area contributed by atoms with E-state index in [1.807, 2.05) is 48.5 Å². The molecule has 0 amide bonds. The van der Waals surface area contributed by atoms with E-state index in [9.17, 15) is 0 Å². The van der Waals surface area contributed by atoms with E-state index < -0.39 is 4.87 Å². The molecule has 0 fully saturated rings. The molecule has 21 heavy (non-hydrogen) atoms. The predicted octanol–water partition coefficient (Wildman–Crippen LogP) is 4.81. The minimum Gasteiger partial charge on any atom is -0.265 e. The van der Waals surface area contributed by atoms with Gasteiger partial charge in [-0.05, 0) is 35.2 Å². The van der Waals surface area contributed by atoms with Gasteiger partial charge in [0.25, 0.3) is 0 Å². The Morgan fingerprint density at radius 2 is 1.24 bits per heavy atom. The zero-order valence-electron chi connectivity index (χ0n) is 11.6. The first-order chi connectivity index (χ1) is 10.3. The summed E-state index contributed by atoms with van der Waals surface area (Å²) >= 11 is 7.10. The van der Waals surface area contributed by atoms with Crippen LogP contribution in [0, 0.1) is 0 Å². The molecule has 0 aliphatic heterocycles. The first-order valence-electron chi connectivity index (χ1n) is 6.98. The van der Waals surface area contributed by atoms with Gasteiger partial charge in [-0.2, -0.15) is 0 Å². The van der Waals surface area contributed by atoms with Gasteiger partial charge in [-0.3, -0.25) is 4.98 Å². The fourth-order valence-corrected chi connectivity index (χ4v) is 2.97. The highest BCUT2D eigenvalue weighted by molar-refractivity contribution is 6.26. The number of benzene rings is 2. The Morgan fingerprint density at radius 3 is 1.86 bits per heavy atom. The van der Waals surface area contributed by atoms with Crippen LogP contribution in [0.15, 0.2) is 85.2 Å². The Morgan fingerprint density at radius 1 is 0.714 bits per heavy atom. The summed E-state index contributed by atoms with van der Waals surface area (Å²) in [5, 5.41) is 0. The maximum atomic E-state index is 7.10.